The van der Waals surface area contributed by atoms with Crippen molar-refractivity contribution in [1.82, 2.24) is 15.0 Å². The molecular weight excluding hydrogens is 266 g/mol. The maximum absolute atomic E-state index is 10.3. The maximum Gasteiger partial charge on any atom is 0.229 e. The van der Waals surface area contributed by atoms with E-state index in [1.807, 2.05) is 0 Å². The Bertz CT molecular complexity index is 486. The van der Waals surface area contributed by atoms with E-state index in [9.17, 15) is 5.11 Å². The molecule has 3 fully saturated rings. The van der Waals surface area contributed by atoms with E-state index in [0.717, 1.165) is 31.2 Å². The summed E-state index contributed by atoms with van der Waals surface area (Å²) >= 11 is 0. The monoisotopic (exact) mass is 291 g/mol. The molecule has 2 heterocycles. The molecule has 3 atom stereocenters. The maximum atomic E-state index is 10.3. The van der Waals surface area contributed by atoms with Gasteiger partial charge in [-0.3, -0.25) is 4.90 Å². The van der Waals surface area contributed by atoms with Crippen molar-refractivity contribution in [2.45, 2.75) is 76.0 Å². The van der Waals surface area contributed by atoms with Crippen LogP contribution >= 0.6 is 0 Å². The molecule has 3 aliphatic rings. The molecule has 3 unspecified atom stereocenters. The average Bonchev–Trinajstić information content (AvgIpc) is 3.07. The first kappa shape index (κ1) is 13.7. The van der Waals surface area contributed by atoms with Gasteiger partial charge in [-0.05, 0) is 45.1 Å². The fraction of sp³-hybridized carbons (Fsp3) is 0.875. The summed E-state index contributed by atoms with van der Waals surface area (Å²) in [6, 6.07) is 0.503. The van der Waals surface area contributed by atoms with Crippen LogP contribution in [0.2, 0.25) is 0 Å². The third kappa shape index (κ3) is 2.86. The molecule has 0 aromatic carbocycles. The van der Waals surface area contributed by atoms with Gasteiger partial charge in [0.05, 0.1) is 12.6 Å². The molecule has 0 bridgehead atoms. The van der Waals surface area contributed by atoms with Crippen LogP contribution in [0, 0.1) is 5.92 Å². The number of hydrogen-bond donors (Lipinski definition) is 1. The SMILES string of the molecule is OC1CCCCC1C1CCCN1Cc1noc(C2CC2)n1. The van der Waals surface area contributed by atoms with Gasteiger partial charge in [0.1, 0.15) is 0 Å². The van der Waals surface area contributed by atoms with Crippen LogP contribution in [0.3, 0.4) is 0 Å². The number of nitrogens with zero attached hydrogens (tertiary/aromatic N) is 3. The van der Waals surface area contributed by atoms with Gasteiger partial charge in [-0.15, -0.1) is 0 Å². The molecule has 1 aliphatic heterocycles. The van der Waals surface area contributed by atoms with Gasteiger partial charge in [-0.25, -0.2) is 0 Å². The number of aromatic nitrogens is 2. The summed E-state index contributed by atoms with van der Waals surface area (Å²) in [4.78, 5) is 7.03. The fourth-order valence-electron chi connectivity index (χ4n) is 4.13. The Hall–Kier alpha value is -0.940. The van der Waals surface area contributed by atoms with Crippen LogP contribution in [0.1, 0.15) is 69.0 Å². The van der Waals surface area contributed by atoms with E-state index < -0.39 is 0 Å². The zero-order valence-electron chi connectivity index (χ0n) is 12.6. The van der Waals surface area contributed by atoms with Gasteiger partial charge >= 0.3 is 0 Å². The lowest BCUT2D eigenvalue weighted by Crippen LogP contribution is -2.42. The molecular formula is C16H25N3O2. The third-order valence-corrected chi connectivity index (χ3v) is 5.44. The molecule has 2 aliphatic carbocycles. The van der Waals surface area contributed by atoms with E-state index in [-0.39, 0.29) is 6.10 Å². The van der Waals surface area contributed by atoms with Crippen LogP contribution in [0.15, 0.2) is 4.52 Å². The summed E-state index contributed by atoms with van der Waals surface area (Å²) < 4.78 is 5.36. The molecule has 2 saturated carbocycles. The second kappa shape index (κ2) is 5.69. The van der Waals surface area contributed by atoms with Gasteiger partial charge in [0.2, 0.25) is 5.89 Å². The minimum Gasteiger partial charge on any atom is -0.393 e. The predicted octanol–water partition coefficient (Wildman–Crippen LogP) is 2.46. The van der Waals surface area contributed by atoms with E-state index >= 15 is 0 Å². The molecule has 0 amide bonds. The second-order valence-electron chi connectivity index (χ2n) is 7.02. The molecule has 21 heavy (non-hydrogen) atoms. The van der Waals surface area contributed by atoms with Crippen LogP contribution in [0.4, 0.5) is 0 Å². The van der Waals surface area contributed by atoms with Crippen molar-refractivity contribution in [1.29, 1.82) is 0 Å². The molecule has 0 spiro atoms. The van der Waals surface area contributed by atoms with Gasteiger partial charge < -0.3 is 9.63 Å². The molecule has 4 rings (SSSR count). The lowest BCUT2D eigenvalue weighted by atomic mass is 9.80. The average molecular weight is 291 g/mol. The van der Waals surface area contributed by atoms with Crippen molar-refractivity contribution in [3.63, 3.8) is 0 Å². The lowest BCUT2D eigenvalue weighted by Gasteiger charge is -2.36. The molecule has 1 aromatic rings. The van der Waals surface area contributed by atoms with Crippen LogP contribution in [0.5, 0.6) is 0 Å². The molecule has 5 nitrogen and oxygen atoms in total. The van der Waals surface area contributed by atoms with Crippen molar-refractivity contribution in [3.05, 3.63) is 11.7 Å². The highest BCUT2D eigenvalue weighted by Gasteiger charge is 2.37. The third-order valence-electron chi connectivity index (χ3n) is 5.44. The van der Waals surface area contributed by atoms with Crippen molar-refractivity contribution in [2.24, 2.45) is 5.92 Å². The van der Waals surface area contributed by atoms with E-state index in [1.54, 1.807) is 0 Å². The molecule has 1 N–H and O–H groups in total. The van der Waals surface area contributed by atoms with Crippen LogP contribution in [-0.4, -0.2) is 38.8 Å². The lowest BCUT2D eigenvalue weighted by molar-refractivity contribution is 0.0194. The Balaban J connectivity index is 1.42. The number of aliphatic hydroxyl groups excluding tert-OH is 1. The first-order valence-corrected chi connectivity index (χ1v) is 8.56. The molecule has 5 heteroatoms. The normalized spacial score (nSPS) is 34.4. The molecule has 1 saturated heterocycles. The molecule has 1 aromatic heterocycles. The zero-order valence-corrected chi connectivity index (χ0v) is 12.6. The predicted molar refractivity (Wildman–Crippen MR) is 77.7 cm³/mol. The van der Waals surface area contributed by atoms with Gasteiger partial charge in [0.25, 0.3) is 0 Å². The van der Waals surface area contributed by atoms with Crippen molar-refractivity contribution >= 4 is 0 Å². The van der Waals surface area contributed by atoms with Crippen molar-refractivity contribution in [2.75, 3.05) is 6.54 Å². The van der Waals surface area contributed by atoms with E-state index in [0.29, 0.717) is 17.9 Å². The Labute approximate surface area is 125 Å². The number of aliphatic hydroxyl groups is 1. The highest BCUT2D eigenvalue weighted by Crippen LogP contribution is 2.39. The minimum absolute atomic E-state index is 0.114. The van der Waals surface area contributed by atoms with E-state index in [4.69, 9.17) is 4.52 Å². The summed E-state index contributed by atoms with van der Waals surface area (Å²) in [7, 11) is 0. The minimum atomic E-state index is -0.114. The zero-order chi connectivity index (χ0) is 14.2. The van der Waals surface area contributed by atoms with E-state index in [1.165, 1.54) is 44.9 Å². The van der Waals surface area contributed by atoms with E-state index in [2.05, 4.69) is 15.0 Å². The number of hydrogen-bond acceptors (Lipinski definition) is 5. The topological polar surface area (TPSA) is 62.4 Å². The Morgan fingerprint density at radius 3 is 2.76 bits per heavy atom. The summed E-state index contributed by atoms with van der Waals surface area (Å²) in [5.41, 5.74) is 0. The smallest absolute Gasteiger partial charge is 0.229 e. The van der Waals surface area contributed by atoms with Crippen molar-refractivity contribution in [3.8, 4) is 0 Å². The fourth-order valence-corrected chi connectivity index (χ4v) is 4.13. The Kier molecular flexibility index (Phi) is 3.71. The van der Waals surface area contributed by atoms with Crippen LogP contribution < -0.4 is 0 Å². The number of rotatable bonds is 4. The van der Waals surface area contributed by atoms with Gasteiger partial charge in [0, 0.05) is 17.9 Å². The van der Waals surface area contributed by atoms with Crippen molar-refractivity contribution < 1.29 is 9.63 Å². The van der Waals surface area contributed by atoms with Gasteiger partial charge in [-0.1, -0.05) is 18.0 Å². The highest BCUT2D eigenvalue weighted by molar-refractivity contribution is 5.02. The Morgan fingerprint density at radius 1 is 1.10 bits per heavy atom. The summed E-state index contributed by atoms with van der Waals surface area (Å²) in [6.07, 6.45) is 9.29. The second-order valence-corrected chi connectivity index (χ2v) is 7.02. The molecule has 116 valence electrons. The van der Waals surface area contributed by atoms with Gasteiger partial charge in [-0.2, -0.15) is 4.98 Å². The standard InChI is InChI=1S/C16H25N3O2/c20-14-6-2-1-4-12(14)13-5-3-9-19(13)10-15-17-16(21-18-15)11-7-8-11/h11-14,20H,1-10H2. The summed E-state index contributed by atoms with van der Waals surface area (Å²) in [6.45, 7) is 1.88. The van der Waals surface area contributed by atoms with Crippen LogP contribution in [-0.2, 0) is 6.54 Å². The molecule has 0 radical (unpaired) electrons. The quantitative estimate of drug-likeness (QED) is 0.923. The van der Waals surface area contributed by atoms with Gasteiger partial charge in [0.15, 0.2) is 5.82 Å². The van der Waals surface area contributed by atoms with Crippen LogP contribution in [0.25, 0.3) is 0 Å². The number of likely N-dealkylation sites (tertiary alicyclic amines) is 1. The summed E-state index contributed by atoms with van der Waals surface area (Å²) in [5, 5.41) is 14.5. The summed E-state index contributed by atoms with van der Waals surface area (Å²) in [5.74, 6) is 2.63. The highest BCUT2D eigenvalue weighted by atomic mass is 16.5. The first-order valence-electron chi connectivity index (χ1n) is 8.56. The Morgan fingerprint density at radius 2 is 1.95 bits per heavy atom. The largest absolute Gasteiger partial charge is 0.393 e. The first-order chi connectivity index (χ1) is 10.3.